The van der Waals surface area contributed by atoms with Gasteiger partial charge in [-0.15, -0.1) is 0 Å². The molecule has 3 N–H and O–H groups in total. The lowest BCUT2D eigenvalue weighted by Gasteiger charge is -2.24. The largest absolute Gasteiger partial charge is 0.347 e. The topological polar surface area (TPSA) is 75.4 Å². The van der Waals surface area contributed by atoms with E-state index in [1.165, 1.54) is 0 Å². The number of carbonyl (C=O) groups is 2. The molecule has 1 aliphatic rings. The molecule has 19 heavy (non-hydrogen) atoms. The molecule has 0 spiro atoms. The highest BCUT2D eigenvalue weighted by molar-refractivity contribution is 6.35. The van der Waals surface area contributed by atoms with E-state index >= 15 is 0 Å². The molecule has 1 atom stereocenters. The second-order valence-electron chi connectivity index (χ2n) is 4.61. The number of carbonyl (C=O) groups excluding carboxylic acids is 2. The van der Waals surface area contributed by atoms with Gasteiger partial charge in [0.05, 0.1) is 6.04 Å². The summed E-state index contributed by atoms with van der Waals surface area (Å²) in [5.41, 5.74) is 6.39. The Balaban J connectivity index is 2.06. The lowest BCUT2D eigenvalue weighted by molar-refractivity contribution is -0.146. The van der Waals surface area contributed by atoms with E-state index in [1.807, 2.05) is 30.3 Å². The fourth-order valence-corrected chi connectivity index (χ4v) is 2.42. The monoisotopic (exact) mass is 261 g/mol. The van der Waals surface area contributed by atoms with Crippen molar-refractivity contribution in [1.29, 1.82) is 0 Å². The maximum atomic E-state index is 12.1. The van der Waals surface area contributed by atoms with Gasteiger partial charge in [0.2, 0.25) is 0 Å². The summed E-state index contributed by atoms with van der Waals surface area (Å²) in [4.78, 5) is 25.5. The Morgan fingerprint density at radius 1 is 1.32 bits per heavy atom. The molecular formula is C14H19N3O2. The molecular weight excluding hydrogens is 242 g/mol. The molecule has 1 unspecified atom stereocenters. The quantitative estimate of drug-likeness (QED) is 0.775. The average Bonchev–Trinajstić information content (AvgIpc) is 2.94. The Bertz CT molecular complexity index is 447. The zero-order chi connectivity index (χ0) is 13.7. The number of nitrogens with zero attached hydrogens (tertiary/aromatic N) is 1. The molecule has 0 aromatic heterocycles. The van der Waals surface area contributed by atoms with E-state index < -0.39 is 11.8 Å². The molecule has 5 heteroatoms. The third-order valence-electron chi connectivity index (χ3n) is 3.32. The van der Waals surface area contributed by atoms with Crippen LogP contribution >= 0.6 is 0 Å². The first-order valence-electron chi connectivity index (χ1n) is 6.58. The van der Waals surface area contributed by atoms with E-state index in [0.717, 1.165) is 18.4 Å². The molecule has 1 saturated heterocycles. The van der Waals surface area contributed by atoms with Crippen molar-refractivity contribution in [1.82, 2.24) is 10.2 Å². The standard InChI is InChI=1S/C14H19N3O2/c15-8-9-16-13(18)14(19)17-10-4-7-12(17)11-5-2-1-3-6-11/h1-3,5-6,12H,4,7-10,15H2,(H,16,18). The van der Waals surface area contributed by atoms with Gasteiger partial charge < -0.3 is 16.0 Å². The van der Waals surface area contributed by atoms with Gasteiger partial charge in [0.25, 0.3) is 0 Å². The summed E-state index contributed by atoms with van der Waals surface area (Å²) in [6.45, 7) is 1.30. The van der Waals surface area contributed by atoms with E-state index in [9.17, 15) is 9.59 Å². The Morgan fingerprint density at radius 2 is 2.05 bits per heavy atom. The highest BCUT2D eigenvalue weighted by Crippen LogP contribution is 2.31. The van der Waals surface area contributed by atoms with Crippen molar-refractivity contribution in [2.24, 2.45) is 5.73 Å². The van der Waals surface area contributed by atoms with Gasteiger partial charge in [0, 0.05) is 19.6 Å². The Hall–Kier alpha value is -1.88. The lowest BCUT2D eigenvalue weighted by Crippen LogP contribution is -2.43. The van der Waals surface area contributed by atoms with Crippen molar-refractivity contribution in [3.05, 3.63) is 35.9 Å². The van der Waals surface area contributed by atoms with Gasteiger partial charge in [0.1, 0.15) is 0 Å². The number of rotatable bonds is 3. The van der Waals surface area contributed by atoms with Crippen LogP contribution in [0.5, 0.6) is 0 Å². The summed E-state index contributed by atoms with van der Waals surface area (Å²) in [7, 11) is 0. The van der Waals surface area contributed by atoms with E-state index in [2.05, 4.69) is 5.32 Å². The first kappa shape index (κ1) is 13.5. The average molecular weight is 261 g/mol. The number of hydrogen-bond acceptors (Lipinski definition) is 3. The van der Waals surface area contributed by atoms with Crippen molar-refractivity contribution in [3.63, 3.8) is 0 Å². The first-order valence-corrected chi connectivity index (χ1v) is 6.58. The van der Waals surface area contributed by atoms with Gasteiger partial charge >= 0.3 is 11.8 Å². The van der Waals surface area contributed by atoms with Crippen molar-refractivity contribution in [2.45, 2.75) is 18.9 Å². The lowest BCUT2D eigenvalue weighted by atomic mass is 10.0. The number of benzene rings is 1. The third kappa shape index (κ3) is 3.12. The first-order chi connectivity index (χ1) is 9.24. The Morgan fingerprint density at radius 3 is 2.74 bits per heavy atom. The zero-order valence-electron chi connectivity index (χ0n) is 10.8. The van der Waals surface area contributed by atoms with E-state index in [0.29, 0.717) is 19.6 Å². The number of hydrogen-bond donors (Lipinski definition) is 2. The molecule has 1 fully saturated rings. The molecule has 5 nitrogen and oxygen atoms in total. The van der Waals surface area contributed by atoms with Gasteiger partial charge in [-0.05, 0) is 18.4 Å². The molecule has 1 aromatic rings. The smallest absolute Gasteiger partial charge is 0.312 e. The fraction of sp³-hybridized carbons (Fsp3) is 0.429. The summed E-state index contributed by atoms with van der Waals surface area (Å²) in [6.07, 6.45) is 1.83. The van der Waals surface area contributed by atoms with Crippen molar-refractivity contribution in [2.75, 3.05) is 19.6 Å². The minimum absolute atomic E-state index is 0.0114. The van der Waals surface area contributed by atoms with Crippen molar-refractivity contribution < 1.29 is 9.59 Å². The van der Waals surface area contributed by atoms with Crippen LogP contribution in [0, 0.1) is 0 Å². The predicted octanol–water partition coefficient (Wildman–Crippen LogP) is 0.425. The molecule has 0 radical (unpaired) electrons. The van der Waals surface area contributed by atoms with Crippen LogP contribution in [0.3, 0.4) is 0 Å². The van der Waals surface area contributed by atoms with Crippen molar-refractivity contribution >= 4 is 11.8 Å². The van der Waals surface area contributed by atoms with Crippen LogP contribution in [0.25, 0.3) is 0 Å². The summed E-state index contributed by atoms with van der Waals surface area (Å²) >= 11 is 0. The zero-order valence-corrected chi connectivity index (χ0v) is 10.8. The molecule has 0 aliphatic carbocycles. The van der Waals surface area contributed by atoms with E-state index in [4.69, 9.17) is 5.73 Å². The second-order valence-corrected chi connectivity index (χ2v) is 4.61. The molecule has 1 aliphatic heterocycles. The van der Waals surface area contributed by atoms with Crippen LogP contribution < -0.4 is 11.1 Å². The third-order valence-corrected chi connectivity index (χ3v) is 3.32. The van der Waals surface area contributed by atoms with E-state index in [-0.39, 0.29) is 6.04 Å². The predicted molar refractivity (Wildman–Crippen MR) is 72.2 cm³/mol. The number of nitrogens with one attached hydrogen (secondary N) is 1. The number of likely N-dealkylation sites (tertiary alicyclic amines) is 1. The maximum Gasteiger partial charge on any atom is 0.312 e. The van der Waals surface area contributed by atoms with Crippen LogP contribution in [0.15, 0.2) is 30.3 Å². The Kier molecular flexibility index (Phi) is 4.52. The van der Waals surface area contributed by atoms with Crippen LogP contribution in [-0.4, -0.2) is 36.3 Å². The van der Waals surface area contributed by atoms with E-state index in [1.54, 1.807) is 4.90 Å². The van der Waals surface area contributed by atoms with Crippen LogP contribution in [-0.2, 0) is 9.59 Å². The van der Waals surface area contributed by atoms with Gasteiger partial charge in [-0.3, -0.25) is 9.59 Å². The minimum atomic E-state index is -0.562. The normalized spacial score (nSPS) is 18.4. The number of nitrogens with two attached hydrogens (primary N) is 1. The van der Waals surface area contributed by atoms with Crippen LogP contribution in [0.1, 0.15) is 24.4 Å². The summed E-state index contributed by atoms with van der Waals surface area (Å²) in [6, 6.07) is 9.84. The molecule has 0 saturated carbocycles. The van der Waals surface area contributed by atoms with Gasteiger partial charge in [0.15, 0.2) is 0 Å². The number of amides is 2. The molecule has 1 aromatic carbocycles. The summed E-state index contributed by atoms with van der Waals surface area (Å²) in [5, 5.41) is 2.53. The SMILES string of the molecule is NCCNC(=O)C(=O)N1CCCC1c1ccccc1. The van der Waals surface area contributed by atoms with Gasteiger partial charge in [-0.25, -0.2) is 0 Å². The summed E-state index contributed by atoms with van der Waals surface area (Å²) in [5.74, 6) is -1.02. The highest BCUT2D eigenvalue weighted by atomic mass is 16.2. The molecule has 1 heterocycles. The van der Waals surface area contributed by atoms with Gasteiger partial charge in [-0.1, -0.05) is 30.3 Å². The van der Waals surface area contributed by atoms with Gasteiger partial charge in [-0.2, -0.15) is 0 Å². The molecule has 2 amide bonds. The summed E-state index contributed by atoms with van der Waals surface area (Å²) < 4.78 is 0. The Labute approximate surface area is 112 Å². The second kappa shape index (κ2) is 6.33. The molecule has 0 bridgehead atoms. The highest BCUT2D eigenvalue weighted by Gasteiger charge is 2.32. The van der Waals surface area contributed by atoms with Crippen molar-refractivity contribution in [3.8, 4) is 0 Å². The van der Waals surface area contributed by atoms with Crippen LogP contribution in [0.4, 0.5) is 0 Å². The van der Waals surface area contributed by atoms with Crippen LogP contribution in [0.2, 0.25) is 0 Å². The maximum absolute atomic E-state index is 12.1. The fourth-order valence-electron chi connectivity index (χ4n) is 2.42. The minimum Gasteiger partial charge on any atom is -0.347 e. The molecule has 2 rings (SSSR count). The molecule has 102 valence electrons.